The number of amides is 1. The van der Waals surface area contributed by atoms with E-state index in [0.717, 1.165) is 5.56 Å². The molecule has 0 saturated heterocycles. The number of hydrogen-bond donors (Lipinski definition) is 1. The van der Waals surface area contributed by atoms with Crippen molar-refractivity contribution in [1.29, 1.82) is 0 Å². The van der Waals surface area contributed by atoms with Gasteiger partial charge in [-0.05, 0) is 12.1 Å². The highest BCUT2D eigenvalue weighted by Gasteiger charge is 2.09. The van der Waals surface area contributed by atoms with Gasteiger partial charge in [0, 0.05) is 25.1 Å². The van der Waals surface area contributed by atoms with Gasteiger partial charge < -0.3 is 4.74 Å². The maximum atomic E-state index is 11.2. The summed E-state index contributed by atoms with van der Waals surface area (Å²) in [6.07, 6.45) is 3.38. The summed E-state index contributed by atoms with van der Waals surface area (Å²) in [6, 6.07) is 3.70. The molecule has 1 amide bonds. The van der Waals surface area contributed by atoms with Gasteiger partial charge in [-0.3, -0.25) is 15.1 Å². The summed E-state index contributed by atoms with van der Waals surface area (Å²) in [4.78, 5) is 15.2. The van der Waals surface area contributed by atoms with Crippen LogP contribution in [0.4, 0.5) is 5.13 Å². The number of rotatable bonds is 4. The molecule has 2 aromatic rings. The molecule has 0 aromatic carbocycles. The fraction of sp³-hybridized carbons (Fsp3) is 0.200. The molecule has 17 heavy (non-hydrogen) atoms. The molecule has 2 aromatic heterocycles. The van der Waals surface area contributed by atoms with Crippen molar-refractivity contribution in [1.82, 2.24) is 15.2 Å². The average Bonchev–Trinajstić information content (AvgIpc) is 2.79. The number of anilines is 1. The highest BCUT2D eigenvalue weighted by molar-refractivity contribution is 7.18. The second-order valence-corrected chi connectivity index (χ2v) is 4.11. The van der Waals surface area contributed by atoms with E-state index in [-0.39, 0.29) is 12.5 Å². The number of ether oxygens (including phenoxy) is 1. The molecule has 0 aliphatic carbocycles. The first-order valence-electron chi connectivity index (χ1n) is 4.82. The molecule has 0 aliphatic rings. The van der Waals surface area contributed by atoms with Crippen LogP contribution in [0.15, 0.2) is 24.5 Å². The molecule has 0 bridgehead atoms. The van der Waals surface area contributed by atoms with Gasteiger partial charge in [0.05, 0.1) is 0 Å². The minimum Gasteiger partial charge on any atom is -0.375 e. The van der Waals surface area contributed by atoms with Crippen LogP contribution in [0.2, 0.25) is 0 Å². The second kappa shape index (κ2) is 5.46. The maximum absolute atomic E-state index is 11.2. The van der Waals surface area contributed by atoms with E-state index in [9.17, 15) is 4.79 Å². The number of methoxy groups -OCH3 is 1. The van der Waals surface area contributed by atoms with Crippen LogP contribution in [0.5, 0.6) is 0 Å². The third-order valence-corrected chi connectivity index (χ3v) is 2.74. The fourth-order valence-electron chi connectivity index (χ4n) is 1.17. The van der Waals surface area contributed by atoms with Crippen molar-refractivity contribution in [3.63, 3.8) is 0 Å². The largest absolute Gasteiger partial charge is 0.375 e. The van der Waals surface area contributed by atoms with E-state index >= 15 is 0 Å². The molecular weight excluding hydrogens is 240 g/mol. The van der Waals surface area contributed by atoms with Gasteiger partial charge in [-0.15, -0.1) is 10.2 Å². The summed E-state index contributed by atoms with van der Waals surface area (Å²) < 4.78 is 4.70. The van der Waals surface area contributed by atoms with E-state index in [2.05, 4.69) is 20.5 Å². The van der Waals surface area contributed by atoms with E-state index in [1.807, 2.05) is 12.1 Å². The monoisotopic (exact) mass is 250 g/mol. The van der Waals surface area contributed by atoms with Crippen LogP contribution in [-0.4, -0.2) is 34.8 Å². The van der Waals surface area contributed by atoms with Crippen LogP contribution in [-0.2, 0) is 9.53 Å². The summed E-state index contributed by atoms with van der Waals surface area (Å²) in [5.74, 6) is -0.249. The Bertz CT molecular complexity index is 500. The Morgan fingerprint density at radius 2 is 2.41 bits per heavy atom. The van der Waals surface area contributed by atoms with Crippen LogP contribution in [0.1, 0.15) is 0 Å². The fourth-order valence-corrected chi connectivity index (χ4v) is 1.92. The number of nitrogens with one attached hydrogen (secondary N) is 1. The predicted octanol–water partition coefficient (Wildman–Crippen LogP) is 1.19. The third-order valence-electron chi connectivity index (χ3n) is 1.86. The summed E-state index contributed by atoms with van der Waals surface area (Å²) in [7, 11) is 1.46. The molecule has 0 saturated carbocycles. The Morgan fingerprint density at radius 1 is 1.53 bits per heavy atom. The van der Waals surface area contributed by atoms with Gasteiger partial charge in [0.2, 0.25) is 5.13 Å². The zero-order valence-corrected chi connectivity index (χ0v) is 9.90. The molecular formula is C10H10N4O2S. The van der Waals surface area contributed by atoms with Crippen molar-refractivity contribution in [2.24, 2.45) is 0 Å². The zero-order valence-electron chi connectivity index (χ0n) is 9.08. The Hall–Kier alpha value is -1.86. The van der Waals surface area contributed by atoms with E-state index in [0.29, 0.717) is 10.1 Å². The molecule has 1 N–H and O–H groups in total. The van der Waals surface area contributed by atoms with Gasteiger partial charge in [0.25, 0.3) is 5.91 Å². The predicted molar refractivity (Wildman–Crippen MR) is 63.6 cm³/mol. The standard InChI is InChI=1S/C10H10N4O2S/c1-16-6-8(15)12-10-14-13-9(17-10)7-3-2-4-11-5-7/h2-5H,6H2,1H3,(H,12,14,15). The van der Waals surface area contributed by atoms with E-state index in [4.69, 9.17) is 4.74 Å². The molecule has 0 spiro atoms. The Labute approximate surface area is 102 Å². The quantitative estimate of drug-likeness (QED) is 0.881. The van der Waals surface area contributed by atoms with Crippen molar-refractivity contribution in [3.8, 4) is 10.6 Å². The smallest absolute Gasteiger partial charge is 0.252 e. The Balaban J connectivity index is 2.09. The van der Waals surface area contributed by atoms with Crippen molar-refractivity contribution < 1.29 is 9.53 Å². The molecule has 6 nitrogen and oxygen atoms in total. The molecule has 2 rings (SSSR count). The van der Waals surface area contributed by atoms with Gasteiger partial charge in [-0.2, -0.15) is 0 Å². The second-order valence-electron chi connectivity index (χ2n) is 3.14. The SMILES string of the molecule is COCC(=O)Nc1nnc(-c2cccnc2)s1. The first-order chi connectivity index (χ1) is 8.29. The number of nitrogens with zero attached hydrogens (tertiary/aromatic N) is 3. The first-order valence-corrected chi connectivity index (χ1v) is 5.64. The summed E-state index contributed by atoms with van der Waals surface area (Å²) in [5, 5.41) is 11.6. The highest BCUT2D eigenvalue weighted by Crippen LogP contribution is 2.25. The normalized spacial score (nSPS) is 10.2. The lowest BCUT2D eigenvalue weighted by Gasteiger charge is -1.97. The van der Waals surface area contributed by atoms with Gasteiger partial charge in [-0.25, -0.2) is 0 Å². The van der Waals surface area contributed by atoms with Crippen LogP contribution >= 0.6 is 11.3 Å². The molecule has 2 heterocycles. The molecule has 0 fully saturated rings. The Kier molecular flexibility index (Phi) is 3.73. The third kappa shape index (κ3) is 3.05. The van der Waals surface area contributed by atoms with Crippen LogP contribution in [0.3, 0.4) is 0 Å². The average molecular weight is 250 g/mol. The number of aromatic nitrogens is 3. The minimum absolute atomic E-state index is 0.00179. The lowest BCUT2D eigenvalue weighted by atomic mass is 10.3. The lowest BCUT2D eigenvalue weighted by molar-refractivity contribution is -0.119. The van der Waals surface area contributed by atoms with Crippen LogP contribution < -0.4 is 5.32 Å². The maximum Gasteiger partial charge on any atom is 0.252 e. The summed E-state index contributed by atoms with van der Waals surface area (Å²) in [5.41, 5.74) is 0.872. The highest BCUT2D eigenvalue weighted by atomic mass is 32.1. The number of carbonyl (C=O) groups excluding carboxylic acids is 1. The van der Waals surface area contributed by atoms with Gasteiger partial charge >= 0.3 is 0 Å². The van der Waals surface area contributed by atoms with Crippen molar-refractivity contribution >= 4 is 22.4 Å². The molecule has 0 aliphatic heterocycles. The van der Waals surface area contributed by atoms with Crippen molar-refractivity contribution in [2.45, 2.75) is 0 Å². The minimum atomic E-state index is -0.249. The molecule has 88 valence electrons. The zero-order chi connectivity index (χ0) is 12.1. The lowest BCUT2D eigenvalue weighted by Crippen LogP contribution is -2.16. The van der Waals surface area contributed by atoms with Crippen LogP contribution in [0, 0.1) is 0 Å². The van der Waals surface area contributed by atoms with Crippen LogP contribution in [0.25, 0.3) is 10.6 Å². The van der Waals surface area contributed by atoms with E-state index in [1.165, 1.54) is 18.4 Å². The number of pyridine rings is 1. The number of carbonyl (C=O) groups is 1. The van der Waals surface area contributed by atoms with Gasteiger partial charge in [0.15, 0.2) is 5.01 Å². The summed E-state index contributed by atoms with van der Waals surface area (Å²) in [6.45, 7) is 0.00179. The first kappa shape index (κ1) is 11.6. The molecule has 0 radical (unpaired) electrons. The molecule has 0 atom stereocenters. The van der Waals surface area contributed by atoms with Crippen molar-refractivity contribution in [2.75, 3.05) is 19.0 Å². The summed E-state index contributed by atoms with van der Waals surface area (Å²) >= 11 is 1.29. The number of hydrogen-bond acceptors (Lipinski definition) is 6. The van der Waals surface area contributed by atoms with Crippen molar-refractivity contribution in [3.05, 3.63) is 24.5 Å². The van der Waals surface area contributed by atoms with Gasteiger partial charge in [0.1, 0.15) is 6.61 Å². The molecule has 7 heteroatoms. The topological polar surface area (TPSA) is 77.0 Å². The Morgan fingerprint density at radius 3 is 3.12 bits per heavy atom. The van der Waals surface area contributed by atoms with Gasteiger partial charge in [-0.1, -0.05) is 11.3 Å². The van der Waals surface area contributed by atoms with E-state index < -0.39 is 0 Å². The van der Waals surface area contributed by atoms with E-state index in [1.54, 1.807) is 12.4 Å². The molecule has 0 unspecified atom stereocenters.